The molecule has 1 nitrogen and oxygen atoms in total. The van der Waals surface area contributed by atoms with E-state index in [1.165, 1.54) is 11.1 Å². The van der Waals surface area contributed by atoms with Crippen molar-refractivity contribution in [3.63, 3.8) is 0 Å². The molecule has 0 amide bonds. The lowest BCUT2D eigenvalue weighted by Gasteiger charge is -2.22. The minimum absolute atomic E-state index is 0.182. The monoisotopic (exact) mass is 220 g/mol. The maximum atomic E-state index is 5.73. The summed E-state index contributed by atoms with van der Waals surface area (Å²) in [7, 11) is 0. The molecule has 0 aromatic heterocycles. The Morgan fingerprint density at radius 3 is 2.25 bits per heavy atom. The molecule has 0 heterocycles. The van der Waals surface area contributed by atoms with Crippen LogP contribution in [0.3, 0.4) is 0 Å². The zero-order valence-electron chi connectivity index (χ0n) is 11.4. The molecular weight excluding hydrogens is 196 g/mol. The van der Waals surface area contributed by atoms with Crippen LogP contribution in [0.2, 0.25) is 0 Å². The van der Waals surface area contributed by atoms with Crippen molar-refractivity contribution in [3.05, 3.63) is 29.3 Å². The molecule has 1 heteroatoms. The molecule has 0 unspecified atom stereocenters. The van der Waals surface area contributed by atoms with Crippen LogP contribution in [-0.2, 0) is 5.41 Å². The van der Waals surface area contributed by atoms with Gasteiger partial charge in [-0.2, -0.15) is 0 Å². The molecule has 0 spiro atoms. The second-order valence-electron chi connectivity index (χ2n) is 5.59. The van der Waals surface area contributed by atoms with Gasteiger partial charge >= 0.3 is 0 Å². The second kappa shape index (κ2) is 4.90. The average molecular weight is 220 g/mol. The Morgan fingerprint density at radius 1 is 1.19 bits per heavy atom. The van der Waals surface area contributed by atoms with E-state index in [0.717, 1.165) is 12.4 Å². The topological polar surface area (TPSA) is 9.23 Å². The fourth-order valence-electron chi connectivity index (χ4n) is 1.76. The highest BCUT2D eigenvalue weighted by Gasteiger charge is 2.16. The first-order valence-corrected chi connectivity index (χ1v) is 6.13. The van der Waals surface area contributed by atoms with Crippen molar-refractivity contribution in [2.45, 2.75) is 52.9 Å². The first-order chi connectivity index (χ1) is 7.36. The van der Waals surface area contributed by atoms with Crippen LogP contribution in [0.15, 0.2) is 18.2 Å². The minimum atomic E-state index is 0.182. The lowest BCUT2D eigenvalue weighted by molar-refractivity contribution is 0.334. The van der Waals surface area contributed by atoms with Crippen molar-refractivity contribution in [2.24, 2.45) is 0 Å². The van der Waals surface area contributed by atoms with Crippen LogP contribution in [0, 0.1) is 0 Å². The third kappa shape index (κ3) is 3.01. The van der Waals surface area contributed by atoms with Gasteiger partial charge in [0.05, 0.1) is 6.61 Å². The predicted octanol–water partition coefficient (Wildman–Crippen LogP) is 4.51. The normalized spacial score (nSPS) is 11.9. The van der Waals surface area contributed by atoms with Crippen molar-refractivity contribution in [2.75, 3.05) is 6.61 Å². The average Bonchev–Trinajstić information content (AvgIpc) is 2.16. The number of hydrogen-bond acceptors (Lipinski definition) is 1. The first-order valence-electron chi connectivity index (χ1n) is 6.13. The molecule has 0 aliphatic rings. The van der Waals surface area contributed by atoms with E-state index < -0.39 is 0 Å². The SMILES string of the molecule is CCOc1cc(C(C)(C)C)ccc1C(C)C. The Labute approximate surface area is 99.8 Å². The van der Waals surface area contributed by atoms with Crippen molar-refractivity contribution in [1.82, 2.24) is 0 Å². The van der Waals surface area contributed by atoms with E-state index in [4.69, 9.17) is 4.74 Å². The number of ether oxygens (including phenoxy) is 1. The van der Waals surface area contributed by atoms with Gasteiger partial charge in [0.1, 0.15) is 5.75 Å². The summed E-state index contributed by atoms with van der Waals surface area (Å²) in [4.78, 5) is 0. The zero-order chi connectivity index (χ0) is 12.3. The molecule has 0 saturated heterocycles. The Hall–Kier alpha value is -0.980. The van der Waals surface area contributed by atoms with Crippen LogP contribution < -0.4 is 4.74 Å². The van der Waals surface area contributed by atoms with Gasteiger partial charge in [-0.05, 0) is 35.4 Å². The van der Waals surface area contributed by atoms with E-state index in [9.17, 15) is 0 Å². The molecule has 0 aliphatic heterocycles. The molecule has 1 aromatic rings. The summed E-state index contributed by atoms with van der Waals surface area (Å²) in [6.45, 7) is 13.9. The first kappa shape index (κ1) is 13.1. The number of benzene rings is 1. The third-order valence-corrected chi connectivity index (χ3v) is 2.80. The zero-order valence-corrected chi connectivity index (χ0v) is 11.4. The molecule has 0 atom stereocenters. The Kier molecular flexibility index (Phi) is 4.01. The summed E-state index contributed by atoms with van der Waals surface area (Å²) in [5.41, 5.74) is 2.82. The van der Waals surface area contributed by atoms with E-state index in [2.05, 4.69) is 52.8 Å². The van der Waals surface area contributed by atoms with Crippen LogP contribution in [0.5, 0.6) is 5.75 Å². The van der Waals surface area contributed by atoms with Gasteiger partial charge in [-0.25, -0.2) is 0 Å². The summed E-state index contributed by atoms with van der Waals surface area (Å²) in [6.07, 6.45) is 0. The van der Waals surface area contributed by atoms with Gasteiger partial charge in [-0.15, -0.1) is 0 Å². The van der Waals surface area contributed by atoms with E-state index in [-0.39, 0.29) is 5.41 Å². The molecule has 1 aromatic carbocycles. The largest absolute Gasteiger partial charge is 0.494 e. The highest BCUT2D eigenvalue weighted by Crippen LogP contribution is 2.32. The fourth-order valence-corrected chi connectivity index (χ4v) is 1.76. The summed E-state index contributed by atoms with van der Waals surface area (Å²) in [6, 6.07) is 6.62. The van der Waals surface area contributed by atoms with Gasteiger partial charge in [0, 0.05) is 0 Å². The van der Waals surface area contributed by atoms with E-state index >= 15 is 0 Å². The lowest BCUT2D eigenvalue weighted by atomic mass is 9.85. The van der Waals surface area contributed by atoms with Gasteiger partial charge in [-0.3, -0.25) is 0 Å². The predicted molar refractivity (Wildman–Crippen MR) is 70.4 cm³/mol. The Morgan fingerprint density at radius 2 is 1.81 bits per heavy atom. The number of rotatable bonds is 3. The van der Waals surface area contributed by atoms with E-state index in [0.29, 0.717) is 5.92 Å². The molecule has 0 saturated carbocycles. The fraction of sp³-hybridized carbons (Fsp3) is 0.600. The molecular formula is C15H24O. The highest BCUT2D eigenvalue weighted by molar-refractivity contribution is 5.41. The summed E-state index contributed by atoms with van der Waals surface area (Å²) >= 11 is 0. The third-order valence-electron chi connectivity index (χ3n) is 2.80. The van der Waals surface area contributed by atoms with Gasteiger partial charge in [0.15, 0.2) is 0 Å². The molecule has 1 rings (SSSR count). The maximum Gasteiger partial charge on any atom is 0.123 e. The summed E-state index contributed by atoms with van der Waals surface area (Å²) in [5.74, 6) is 1.56. The molecule has 16 heavy (non-hydrogen) atoms. The van der Waals surface area contributed by atoms with Crippen LogP contribution in [0.1, 0.15) is 58.6 Å². The molecule has 0 fully saturated rings. The molecule has 0 bridgehead atoms. The molecule has 0 N–H and O–H groups in total. The quantitative estimate of drug-likeness (QED) is 0.728. The van der Waals surface area contributed by atoms with Crippen LogP contribution in [-0.4, -0.2) is 6.61 Å². The van der Waals surface area contributed by atoms with Crippen molar-refractivity contribution < 1.29 is 4.74 Å². The summed E-state index contributed by atoms with van der Waals surface area (Å²) in [5, 5.41) is 0. The maximum absolute atomic E-state index is 5.73. The van der Waals surface area contributed by atoms with Gasteiger partial charge in [0.2, 0.25) is 0 Å². The summed E-state index contributed by atoms with van der Waals surface area (Å²) < 4.78 is 5.73. The van der Waals surface area contributed by atoms with E-state index in [1.54, 1.807) is 0 Å². The van der Waals surface area contributed by atoms with Crippen molar-refractivity contribution in [1.29, 1.82) is 0 Å². The standard InChI is InChI=1S/C15H24O/c1-7-16-14-10-12(15(4,5)6)8-9-13(14)11(2)3/h8-11H,7H2,1-6H3. The van der Waals surface area contributed by atoms with Crippen LogP contribution in [0.4, 0.5) is 0 Å². The lowest BCUT2D eigenvalue weighted by Crippen LogP contribution is -2.12. The molecule has 0 radical (unpaired) electrons. The smallest absolute Gasteiger partial charge is 0.123 e. The minimum Gasteiger partial charge on any atom is -0.494 e. The Bertz CT molecular complexity index is 345. The van der Waals surface area contributed by atoms with Crippen LogP contribution >= 0.6 is 0 Å². The second-order valence-corrected chi connectivity index (χ2v) is 5.59. The van der Waals surface area contributed by atoms with Crippen LogP contribution in [0.25, 0.3) is 0 Å². The van der Waals surface area contributed by atoms with Crippen molar-refractivity contribution in [3.8, 4) is 5.75 Å². The highest BCUT2D eigenvalue weighted by atomic mass is 16.5. The molecule has 0 aliphatic carbocycles. The van der Waals surface area contributed by atoms with Gasteiger partial charge in [0.25, 0.3) is 0 Å². The van der Waals surface area contributed by atoms with Gasteiger partial charge < -0.3 is 4.74 Å². The van der Waals surface area contributed by atoms with Gasteiger partial charge in [-0.1, -0.05) is 46.8 Å². The molecule has 90 valence electrons. The number of hydrogen-bond donors (Lipinski definition) is 0. The Balaban J connectivity index is 3.17. The van der Waals surface area contributed by atoms with E-state index in [1.807, 2.05) is 6.92 Å². The van der Waals surface area contributed by atoms with Crippen molar-refractivity contribution >= 4 is 0 Å².